The fraction of sp³-hybridized carbons (Fsp3) is 0.350. The first-order chi connectivity index (χ1) is 12.9. The summed E-state index contributed by atoms with van der Waals surface area (Å²) < 4.78 is 40.9. The molecule has 1 N–H and O–H groups in total. The lowest BCUT2D eigenvalue weighted by atomic mass is 9.86. The van der Waals surface area contributed by atoms with Crippen molar-refractivity contribution in [2.75, 3.05) is 0 Å². The molecule has 8 heteroatoms. The predicted octanol–water partition coefficient (Wildman–Crippen LogP) is 3.88. The number of alkyl halides is 3. The second-order valence-corrected chi connectivity index (χ2v) is 7.72. The maximum Gasteiger partial charge on any atom is 0.438 e. The second-order valence-electron chi connectivity index (χ2n) is 7.72. The molecule has 0 bridgehead atoms. The average molecular weight is 391 g/mol. The summed E-state index contributed by atoms with van der Waals surface area (Å²) in [6.45, 7) is 5.95. The molecule has 28 heavy (non-hydrogen) atoms. The van der Waals surface area contributed by atoms with E-state index in [2.05, 4.69) is 10.1 Å². The summed E-state index contributed by atoms with van der Waals surface area (Å²) in [7, 11) is 0. The molecule has 148 valence electrons. The van der Waals surface area contributed by atoms with Crippen LogP contribution < -0.4 is 0 Å². The summed E-state index contributed by atoms with van der Waals surface area (Å²) in [5.41, 5.74) is -2.41. The Balaban J connectivity index is 2.00. The van der Waals surface area contributed by atoms with Crippen molar-refractivity contribution in [1.82, 2.24) is 9.99 Å². The number of carbonyl (C=O) groups excluding carboxylic acids is 1. The molecule has 1 amide bonds. The van der Waals surface area contributed by atoms with Gasteiger partial charge in [0.25, 0.3) is 11.6 Å². The topological polar surface area (TPSA) is 65.8 Å². The molecule has 1 aromatic carbocycles. The van der Waals surface area contributed by atoms with Crippen molar-refractivity contribution in [3.05, 3.63) is 65.5 Å². The predicted molar refractivity (Wildman–Crippen MR) is 97.7 cm³/mol. The molecule has 0 aliphatic carbocycles. The molecule has 0 radical (unpaired) electrons. The van der Waals surface area contributed by atoms with Crippen LogP contribution in [0.3, 0.4) is 0 Å². The van der Waals surface area contributed by atoms with Crippen LogP contribution in [-0.4, -0.2) is 38.6 Å². The monoisotopic (exact) mass is 391 g/mol. The zero-order valence-electron chi connectivity index (χ0n) is 15.7. The second kappa shape index (κ2) is 6.70. The lowest BCUT2D eigenvalue weighted by Crippen LogP contribution is -2.56. The van der Waals surface area contributed by atoms with Crippen molar-refractivity contribution in [2.45, 2.75) is 44.5 Å². The van der Waals surface area contributed by atoms with Gasteiger partial charge in [-0.15, -0.1) is 0 Å². The molecule has 1 aliphatic rings. The van der Waals surface area contributed by atoms with E-state index < -0.39 is 24.2 Å². The molecule has 1 atom stereocenters. The highest BCUT2D eigenvalue weighted by Crippen LogP contribution is 2.42. The Hall–Kier alpha value is -2.74. The third kappa shape index (κ3) is 3.52. The molecule has 0 unspecified atom stereocenters. The lowest BCUT2D eigenvalue weighted by molar-refractivity contribution is -0.297. The molecule has 1 aliphatic heterocycles. The van der Waals surface area contributed by atoms with Gasteiger partial charge in [-0.3, -0.25) is 9.78 Å². The Labute approximate surface area is 160 Å². The lowest BCUT2D eigenvalue weighted by Gasteiger charge is -2.32. The van der Waals surface area contributed by atoms with E-state index in [4.69, 9.17) is 0 Å². The van der Waals surface area contributed by atoms with Crippen LogP contribution >= 0.6 is 0 Å². The number of nitrogens with zero attached hydrogens (tertiary/aromatic N) is 3. The normalized spacial score (nSPS) is 20.2. The number of amides is 1. The number of carbonyl (C=O) groups is 1. The summed E-state index contributed by atoms with van der Waals surface area (Å²) in [6.07, 6.45) is -3.15. The van der Waals surface area contributed by atoms with Gasteiger partial charge in [0.2, 0.25) is 0 Å². The van der Waals surface area contributed by atoms with Crippen LogP contribution in [0.2, 0.25) is 0 Å². The van der Waals surface area contributed by atoms with Crippen molar-refractivity contribution in [1.29, 1.82) is 0 Å². The number of aromatic nitrogens is 1. The van der Waals surface area contributed by atoms with E-state index in [1.807, 2.05) is 20.8 Å². The SMILES string of the molecule is CC(C)(C)c1ccc(C(=O)N2N=C(c3cccnc3)C[C@]2(O)C(F)(F)F)cc1. The summed E-state index contributed by atoms with van der Waals surface area (Å²) in [5, 5.41) is 14.3. The molecule has 5 nitrogen and oxygen atoms in total. The van der Waals surface area contributed by atoms with Gasteiger partial charge in [0.05, 0.1) is 12.1 Å². The summed E-state index contributed by atoms with van der Waals surface area (Å²) in [4.78, 5) is 16.6. The molecule has 0 saturated carbocycles. The Morgan fingerprint density at radius 1 is 1.14 bits per heavy atom. The van der Waals surface area contributed by atoms with Crippen molar-refractivity contribution < 1.29 is 23.1 Å². The smallest absolute Gasteiger partial charge is 0.362 e. The maximum atomic E-state index is 13.6. The summed E-state index contributed by atoms with van der Waals surface area (Å²) in [5.74, 6) is -1.03. The van der Waals surface area contributed by atoms with Crippen LogP contribution in [-0.2, 0) is 5.41 Å². The van der Waals surface area contributed by atoms with Crippen LogP contribution in [0.15, 0.2) is 53.9 Å². The number of halogens is 3. The molecule has 3 rings (SSSR count). The van der Waals surface area contributed by atoms with Gasteiger partial charge < -0.3 is 5.11 Å². The Bertz CT molecular complexity index is 903. The molecular weight excluding hydrogens is 371 g/mol. The van der Waals surface area contributed by atoms with E-state index in [0.717, 1.165) is 5.56 Å². The largest absolute Gasteiger partial charge is 0.438 e. The number of benzene rings is 1. The molecule has 0 saturated heterocycles. The van der Waals surface area contributed by atoms with Crippen molar-refractivity contribution >= 4 is 11.6 Å². The van der Waals surface area contributed by atoms with Gasteiger partial charge in [-0.2, -0.15) is 23.3 Å². The van der Waals surface area contributed by atoms with Crippen molar-refractivity contribution in [3.8, 4) is 0 Å². The molecule has 2 aromatic rings. The fourth-order valence-corrected chi connectivity index (χ4v) is 2.91. The number of pyridine rings is 1. The zero-order chi connectivity index (χ0) is 20.7. The minimum atomic E-state index is -5.08. The maximum absolute atomic E-state index is 13.6. The van der Waals surface area contributed by atoms with Crippen LogP contribution in [0.25, 0.3) is 0 Å². The third-order valence-electron chi connectivity index (χ3n) is 4.62. The molecule has 1 aromatic heterocycles. The summed E-state index contributed by atoms with van der Waals surface area (Å²) >= 11 is 0. The highest BCUT2D eigenvalue weighted by molar-refractivity contribution is 6.05. The number of hydrogen-bond donors (Lipinski definition) is 1. The van der Waals surface area contributed by atoms with Gasteiger partial charge in [0, 0.05) is 23.5 Å². The highest BCUT2D eigenvalue weighted by Gasteiger charge is 2.63. The molecule has 0 spiro atoms. The number of hydrazone groups is 1. The van der Waals surface area contributed by atoms with Crippen molar-refractivity contribution in [3.63, 3.8) is 0 Å². The van der Waals surface area contributed by atoms with Crippen LogP contribution in [0, 0.1) is 0 Å². The van der Waals surface area contributed by atoms with Crippen LogP contribution in [0.5, 0.6) is 0 Å². The number of hydrogen-bond acceptors (Lipinski definition) is 4. The van der Waals surface area contributed by atoms with Crippen molar-refractivity contribution in [2.24, 2.45) is 5.10 Å². The number of aliphatic hydroxyl groups is 1. The van der Waals surface area contributed by atoms with Gasteiger partial charge in [-0.25, -0.2) is 0 Å². The van der Waals surface area contributed by atoms with E-state index in [1.165, 1.54) is 30.6 Å². The van der Waals surface area contributed by atoms with Gasteiger partial charge >= 0.3 is 6.18 Å². The Morgan fingerprint density at radius 3 is 2.29 bits per heavy atom. The molecule has 0 fully saturated rings. The quantitative estimate of drug-likeness (QED) is 0.845. The Morgan fingerprint density at radius 2 is 1.79 bits per heavy atom. The van der Waals surface area contributed by atoms with Gasteiger partial charge in [0.1, 0.15) is 0 Å². The minimum Gasteiger partial charge on any atom is -0.362 e. The Kier molecular flexibility index (Phi) is 4.79. The van der Waals surface area contributed by atoms with E-state index >= 15 is 0 Å². The van der Waals surface area contributed by atoms with Crippen LogP contribution in [0.4, 0.5) is 13.2 Å². The van der Waals surface area contributed by atoms with E-state index in [0.29, 0.717) is 5.56 Å². The average Bonchev–Trinajstić information content (AvgIpc) is 3.00. The zero-order valence-corrected chi connectivity index (χ0v) is 15.7. The highest BCUT2D eigenvalue weighted by atomic mass is 19.4. The third-order valence-corrected chi connectivity index (χ3v) is 4.62. The first kappa shape index (κ1) is 20.0. The van der Waals surface area contributed by atoms with Crippen LogP contribution in [0.1, 0.15) is 48.7 Å². The first-order valence-electron chi connectivity index (χ1n) is 8.65. The van der Waals surface area contributed by atoms with Gasteiger partial charge in [0.15, 0.2) is 0 Å². The van der Waals surface area contributed by atoms with E-state index in [1.54, 1.807) is 18.2 Å². The standard InChI is InChI=1S/C20H20F3N3O2/c1-18(2,3)15-8-6-13(7-9-15)17(27)26-19(28,20(21,22)23)11-16(25-26)14-5-4-10-24-12-14/h4-10,12,28H,11H2,1-3H3/t19-/m0/s1. The van der Waals surface area contributed by atoms with E-state index in [9.17, 15) is 23.1 Å². The molecular formula is C20H20F3N3O2. The van der Waals surface area contributed by atoms with E-state index in [-0.39, 0.29) is 21.7 Å². The number of rotatable bonds is 2. The molecule has 2 heterocycles. The van der Waals surface area contributed by atoms with Gasteiger partial charge in [-0.1, -0.05) is 39.0 Å². The summed E-state index contributed by atoms with van der Waals surface area (Å²) in [6, 6.07) is 9.31. The first-order valence-corrected chi connectivity index (χ1v) is 8.65. The fourth-order valence-electron chi connectivity index (χ4n) is 2.91. The van der Waals surface area contributed by atoms with Gasteiger partial charge in [-0.05, 0) is 29.2 Å². The minimum absolute atomic E-state index is 0.00635.